The number of benzene rings is 1. The molecule has 6 nitrogen and oxygen atoms in total. The molecule has 182 valence electrons. The summed E-state index contributed by atoms with van der Waals surface area (Å²) in [5, 5.41) is 7.04. The molecule has 1 fully saturated rings. The molecular weight excluding hydrogens is 396 g/mol. The second-order valence-corrected chi connectivity index (χ2v) is 9.02. The Kier molecular flexibility index (Phi) is 13.4. The van der Waals surface area contributed by atoms with E-state index in [2.05, 4.69) is 81.4 Å². The minimum absolute atomic E-state index is 0.448. The predicted octanol–water partition coefficient (Wildman–Crippen LogP) is 3.26. The molecule has 32 heavy (non-hydrogen) atoms. The number of nitrogens with one attached hydrogen (secondary N) is 2. The first-order valence-corrected chi connectivity index (χ1v) is 12.8. The smallest absolute Gasteiger partial charge is 0.191 e. The van der Waals surface area contributed by atoms with E-state index < -0.39 is 0 Å². The van der Waals surface area contributed by atoms with Crippen molar-refractivity contribution < 1.29 is 0 Å². The van der Waals surface area contributed by atoms with E-state index in [1.807, 2.05) is 7.05 Å². The van der Waals surface area contributed by atoms with Gasteiger partial charge < -0.3 is 20.4 Å². The molecule has 1 unspecified atom stereocenters. The molecule has 2 N–H and O–H groups in total. The molecule has 1 saturated heterocycles. The SMILES string of the molecule is CCN(CC)CCCC(C)NC(=NC)NCCCCN1CCN(Cc2ccccc2)CC1. The molecule has 0 aromatic heterocycles. The van der Waals surface area contributed by atoms with Crippen LogP contribution < -0.4 is 10.6 Å². The first-order chi connectivity index (χ1) is 15.6. The van der Waals surface area contributed by atoms with Crippen LogP contribution in [0, 0.1) is 0 Å². The van der Waals surface area contributed by atoms with Gasteiger partial charge in [-0.15, -0.1) is 0 Å². The van der Waals surface area contributed by atoms with Gasteiger partial charge in [-0.25, -0.2) is 0 Å². The fourth-order valence-electron chi connectivity index (χ4n) is 4.34. The van der Waals surface area contributed by atoms with Gasteiger partial charge >= 0.3 is 0 Å². The van der Waals surface area contributed by atoms with E-state index in [9.17, 15) is 0 Å². The van der Waals surface area contributed by atoms with Gasteiger partial charge in [-0.3, -0.25) is 9.89 Å². The number of guanidine groups is 1. The maximum atomic E-state index is 4.40. The standard InChI is InChI=1S/C26H48N6/c1-5-30(6-2)18-12-13-24(3)29-26(27-4)28-16-10-11-17-31-19-21-32(22-20-31)23-25-14-8-7-9-15-25/h7-9,14-15,24H,5-6,10-13,16-23H2,1-4H3,(H2,27,28,29). The van der Waals surface area contributed by atoms with Crippen molar-refractivity contribution in [2.75, 3.05) is 66.0 Å². The topological polar surface area (TPSA) is 46.1 Å². The van der Waals surface area contributed by atoms with E-state index in [1.54, 1.807) is 0 Å². The van der Waals surface area contributed by atoms with Gasteiger partial charge in [0.1, 0.15) is 0 Å². The summed E-state index contributed by atoms with van der Waals surface area (Å²) in [6.45, 7) is 18.2. The third-order valence-corrected chi connectivity index (χ3v) is 6.52. The first-order valence-electron chi connectivity index (χ1n) is 12.8. The number of nitrogens with zero attached hydrogens (tertiary/aromatic N) is 4. The Labute approximate surface area is 197 Å². The lowest BCUT2D eigenvalue weighted by atomic mass is 10.2. The zero-order chi connectivity index (χ0) is 23.0. The second-order valence-electron chi connectivity index (χ2n) is 9.02. The van der Waals surface area contributed by atoms with Crippen LogP contribution >= 0.6 is 0 Å². The summed E-state index contributed by atoms with van der Waals surface area (Å²) in [4.78, 5) is 12.1. The Morgan fingerprint density at radius 3 is 2.34 bits per heavy atom. The highest BCUT2D eigenvalue weighted by Gasteiger charge is 2.16. The van der Waals surface area contributed by atoms with Gasteiger partial charge in [0.15, 0.2) is 5.96 Å². The Balaban J connectivity index is 1.50. The van der Waals surface area contributed by atoms with Gasteiger partial charge in [0, 0.05) is 52.4 Å². The monoisotopic (exact) mass is 444 g/mol. The van der Waals surface area contributed by atoms with Crippen LogP contribution in [0.5, 0.6) is 0 Å². The number of unbranched alkanes of at least 4 members (excludes halogenated alkanes) is 1. The van der Waals surface area contributed by atoms with Crippen molar-refractivity contribution in [3.8, 4) is 0 Å². The summed E-state index contributed by atoms with van der Waals surface area (Å²) < 4.78 is 0. The van der Waals surface area contributed by atoms with Crippen LogP contribution in [-0.2, 0) is 6.54 Å². The summed E-state index contributed by atoms with van der Waals surface area (Å²) >= 11 is 0. The lowest BCUT2D eigenvalue weighted by Crippen LogP contribution is -2.46. The highest BCUT2D eigenvalue weighted by Crippen LogP contribution is 2.09. The lowest BCUT2D eigenvalue weighted by Gasteiger charge is -2.34. The number of hydrogen-bond donors (Lipinski definition) is 2. The summed E-state index contributed by atoms with van der Waals surface area (Å²) in [6.07, 6.45) is 4.82. The fraction of sp³-hybridized carbons (Fsp3) is 0.731. The van der Waals surface area contributed by atoms with Gasteiger partial charge in [0.25, 0.3) is 0 Å². The molecule has 0 spiro atoms. The molecule has 1 aromatic carbocycles. The summed E-state index contributed by atoms with van der Waals surface area (Å²) in [5.41, 5.74) is 1.42. The maximum Gasteiger partial charge on any atom is 0.191 e. The summed E-state index contributed by atoms with van der Waals surface area (Å²) in [7, 11) is 1.87. The highest BCUT2D eigenvalue weighted by molar-refractivity contribution is 5.79. The van der Waals surface area contributed by atoms with Crippen molar-refractivity contribution in [3.63, 3.8) is 0 Å². The van der Waals surface area contributed by atoms with Crippen molar-refractivity contribution in [1.82, 2.24) is 25.3 Å². The summed E-state index contributed by atoms with van der Waals surface area (Å²) in [6, 6.07) is 11.3. The van der Waals surface area contributed by atoms with Crippen LogP contribution in [0.15, 0.2) is 35.3 Å². The third-order valence-electron chi connectivity index (χ3n) is 6.52. The van der Waals surface area contributed by atoms with Gasteiger partial charge in [-0.2, -0.15) is 0 Å². The van der Waals surface area contributed by atoms with E-state index in [0.29, 0.717) is 6.04 Å². The van der Waals surface area contributed by atoms with Gasteiger partial charge in [-0.1, -0.05) is 44.2 Å². The predicted molar refractivity (Wildman–Crippen MR) is 138 cm³/mol. The largest absolute Gasteiger partial charge is 0.356 e. The average Bonchev–Trinajstić information content (AvgIpc) is 2.82. The van der Waals surface area contributed by atoms with Crippen molar-refractivity contribution in [2.45, 2.75) is 59.0 Å². The Morgan fingerprint density at radius 2 is 1.69 bits per heavy atom. The summed E-state index contributed by atoms with van der Waals surface area (Å²) in [5.74, 6) is 0.940. The first kappa shape index (κ1) is 26.6. The molecule has 6 heteroatoms. The number of aliphatic imine (C=N–C) groups is 1. The number of rotatable bonds is 14. The number of hydrogen-bond acceptors (Lipinski definition) is 4. The van der Waals surface area contributed by atoms with Gasteiger partial charge in [0.05, 0.1) is 0 Å². The lowest BCUT2D eigenvalue weighted by molar-refractivity contribution is 0.126. The second kappa shape index (κ2) is 16.1. The van der Waals surface area contributed by atoms with E-state index >= 15 is 0 Å². The van der Waals surface area contributed by atoms with E-state index in [1.165, 1.54) is 70.5 Å². The molecule has 0 aliphatic carbocycles. The molecule has 1 heterocycles. The van der Waals surface area contributed by atoms with E-state index in [4.69, 9.17) is 0 Å². The van der Waals surface area contributed by atoms with Crippen molar-refractivity contribution >= 4 is 5.96 Å². The molecule has 0 radical (unpaired) electrons. The molecule has 0 saturated carbocycles. The fourth-order valence-corrected chi connectivity index (χ4v) is 4.34. The van der Waals surface area contributed by atoms with Crippen molar-refractivity contribution in [3.05, 3.63) is 35.9 Å². The van der Waals surface area contributed by atoms with Crippen LogP contribution in [0.25, 0.3) is 0 Å². The van der Waals surface area contributed by atoms with Crippen LogP contribution in [0.1, 0.15) is 52.0 Å². The van der Waals surface area contributed by atoms with Crippen LogP contribution in [-0.4, -0.2) is 92.7 Å². The minimum atomic E-state index is 0.448. The zero-order valence-electron chi connectivity index (χ0n) is 21.2. The van der Waals surface area contributed by atoms with Crippen LogP contribution in [0.2, 0.25) is 0 Å². The molecule has 1 atom stereocenters. The Bertz CT molecular complexity index is 608. The van der Waals surface area contributed by atoms with Gasteiger partial charge in [-0.05, 0) is 64.3 Å². The van der Waals surface area contributed by atoms with Crippen molar-refractivity contribution in [2.24, 2.45) is 4.99 Å². The average molecular weight is 445 g/mol. The van der Waals surface area contributed by atoms with Gasteiger partial charge in [0.2, 0.25) is 0 Å². The molecule has 0 amide bonds. The Morgan fingerprint density at radius 1 is 1.00 bits per heavy atom. The quantitative estimate of drug-likeness (QED) is 0.262. The maximum absolute atomic E-state index is 4.40. The Hall–Kier alpha value is -1.63. The van der Waals surface area contributed by atoms with E-state index in [-0.39, 0.29) is 0 Å². The number of piperazine rings is 1. The minimum Gasteiger partial charge on any atom is -0.356 e. The van der Waals surface area contributed by atoms with E-state index in [0.717, 1.165) is 32.1 Å². The van der Waals surface area contributed by atoms with Crippen molar-refractivity contribution in [1.29, 1.82) is 0 Å². The highest BCUT2D eigenvalue weighted by atomic mass is 15.3. The molecule has 1 aliphatic heterocycles. The van der Waals surface area contributed by atoms with Crippen LogP contribution in [0.3, 0.4) is 0 Å². The molecule has 1 aromatic rings. The third kappa shape index (κ3) is 10.8. The normalized spacial score (nSPS) is 17.0. The van der Waals surface area contributed by atoms with Crippen LogP contribution in [0.4, 0.5) is 0 Å². The molecule has 0 bridgehead atoms. The molecule has 2 rings (SSSR count). The molecular formula is C26H48N6. The zero-order valence-corrected chi connectivity index (χ0v) is 21.2. The molecule has 1 aliphatic rings.